The number of benzene rings is 1. The Balaban J connectivity index is 1.97. The molecule has 0 radical (unpaired) electrons. The summed E-state index contributed by atoms with van der Waals surface area (Å²) >= 11 is 0. The molecule has 1 aliphatic heterocycles. The molecule has 1 aromatic carbocycles. The fourth-order valence-corrected chi connectivity index (χ4v) is 3.15. The van der Waals surface area contributed by atoms with Crippen LogP contribution in [0.1, 0.15) is 49.4 Å². The summed E-state index contributed by atoms with van der Waals surface area (Å²) in [5.74, 6) is 0.752. The van der Waals surface area contributed by atoms with Crippen LogP contribution in [0.5, 0.6) is 0 Å². The Hall–Kier alpha value is -0.860. The predicted molar refractivity (Wildman–Crippen MR) is 80.5 cm³/mol. The number of hydrogen-bond acceptors (Lipinski definition) is 2. The van der Waals surface area contributed by atoms with Gasteiger partial charge in [-0.15, -0.1) is 0 Å². The van der Waals surface area contributed by atoms with Gasteiger partial charge in [0, 0.05) is 25.3 Å². The van der Waals surface area contributed by atoms with Crippen LogP contribution < -0.4 is 5.32 Å². The zero-order valence-corrected chi connectivity index (χ0v) is 12.7. The molecule has 19 heavy (non-hydrogen) atoms. The molecule has 0 spiro atoms. The predicted octanol–water partition coefficient (Wildman–Crippen LogP) is 3.77. The fraction of sp³-hybridized carbons (Fsp3) is 0.647. The van der Waals surface area contributed by atoms with Crippen LogP contribution in [0.25, 0.3) is 0 Å². The van der Waals surface area contributed by atoms with Crippen molar-refractivity contribution in [1.82, 2.24) is 5.32 Å². The zero-order chi connectivity index (χ0) is 13.8. The van der Waals surface area contributed by atoms with Crippen LogP contribution in [0.2, 0.25) is 0 Å². The third-order valence-corrected chi connectivity index (χ3v) is 4.38. The van der Waals surface area contributed by atoms with Gasteiger partial charge in [0.1, 0.15) is 0 Å². The van der Waals surface area contributed by atoms with E-state index in [0.29, 0.717) is 12.1 Å². The molecule has 2 heteroatoms. The maximum Gasteiger partial charge on any atom is 0.0469 e. The molecule has 2 unspecified atom stereocenters. The highest BCUT2D eigenvalue weighted by atomic mass is 16.5. The summed E-state index contributed by atoms with van der Waals surface area (Å²) in [6.45, 7) is 10.8. The van der Waals surface area contributed by atoms with Crippen molar-refractivity contribution in [1.29, 1.82) is 0 Å². The number of hydrogen-bond donors (Lipinski definition) is 1. The van der Waals surface area contributed by atoms with Crippen LogP contribution in [0.4, 0.5) is 0 Å². The van der Waals surface area contributed by atoms with Crippen molar-refractivity contribution in [2.24, 2.45) is 5.92 Å². The summed E-state index contributed by atoms with van der Waals surface area (Å²) < 4.78 is 5.44. The van der Waals surface area contributed by atoms with Crippen LogP contribution in [0.15, 0.2) is 18.2 Å². The molecular formula is C17H27NO. The molecule has 1 aromatic rings. The summed E-state index contributed by atoms with van der Waals surface area (Å²) in [5, 5.41) is 3.77. The molecule has 1 aliphatic rings. The average molecular weight is 261 g/mol. The summed E-state index contributed by atoms with van der Waals surface area (Å²) in [5.41, 5.74) is 4.15. The Bertz CT molecular complexity index is 410. The third kappa shape index (κ3) is 3.80. The first kappa shape index (κ1) is 14.5. The van der Waals surface area contributed by atoms with Gasteiger partial charge in [-0.2, -0.15) is 0 Å². The van der Waals surface area contributed by atoms with Crippen molar-refractivity contribution in [2.75, 3.05) is 13.2 Å². The van der Waals surface area contributed by atoms with Crippen LogP contribution in [-0.4, -0.2) is 19.3 Å². The van der Waals surface area contributed by atoms with Gasteiger partial charge in [0.2, 0.25) is 0 Å². The number of rotatable bonds is 4. The zero-order valence-electron chi connectivity index (χ0n) is 12.7. The standard InChI is InChI=1S/C17H27NO/c1-12-5-6-17(13(2)11-12)15(4)18-14(3)16-7-9-19-10-8-16/h5-6,11,14-16,18H,7-10H2,1-4H3. The van der Waals surface area contributed by atoms with E-state index in [1.807, 2.05) is 0 Å². The fourth-order valence-electron chi connectivity index (χ4n) is 3.15. The minimum Gasteiger partial charge on any atom is -0.381 e. The van der Waals surface area contributed by atoms with E-state index in [1.165, 1.54) is 29.5 Å². The monoisotopic (exact) mass is 261 g/mol. The van der Waals surface area contributed by atoms with Gasteiger partial charge in [0.15, 0.2) is 0 Å². The van der Waals surface area contributed by atoms with E-state index >= 15 is 0 Å². The molecule has 0 bridgehead atoms. The Morgan fingerprint density at radius 3 is 2.47 bits per heavy atom. The molecule has 1 N–H and O–H groups in total. The highest BCUT2D eigenvalue weighted by Gasteiger charge is 2.22. The molecule has 2 atom stereocenters. The van der Waals surface area contributed by atoms with Crippen LogP contribution in [-0.2, 0) is 4.74 Å². The van der Waals surface area contributed by atoms with Crippen molar-refractivity contribution in [2.45, 2.75) is 52.6 Å². The highest BCUT2D eigenvalue weighted by Crippen LogP contribution is 2.23. The highest BCUT2D eigenvalue weighted by molar-refractivity contribution is 5.32. The van der Waals surface area contributed by atoms with Crippen molar-refractivity contribution < 1.29 is 4.74 Å². The van der Waals surface area contributed by atoms with Gasteiger partial charge in [0.05, 0.1) is 0 Å². The van der Waals surface area contributed by atoms with E-state index in [-0.39, 0.29) is 0 Å². The number of nitrogens with one attached hydrogen (secondary N) is 1. The molecule has 0 aliphatic carbocycles. The number of ether oxygens (including phenoxy) is 1. The van der Waals surface area contributed by atoms with Gasteiger partial charge in [0.25, 0.3) is 0 Å². The van der Waals surface area contributed by atoms with Gasteiger partial charge < -0.3 is 10.1 Å². The second-order valence-electron chi connectivity index (χ2n) is 5.99. The summed E-state index contributed by atoms with van der Waals surface area (Å²) in [6.07, 6.45) is 2.38. The van der Waals surface area contributed by atoms with Gasteiger partial charge in [-0.25, -0.2) is 0 Å². The molecule has 1 heterocycles. The van der Waals surface area contributed by atoms with E-state index in [4.69, 9.17) is 4.74 Å². The summed E-state index contributed by atoms with van der Waals surface area (Å²) in [6, 6.07) is 7.71. The van der Waals surface area contributed by atoms with E-state index in [1.54, 1.807) is 0 Å². The second kappa shape index (κ2) is 6.53. The van der Waals surface area contributed by atoms with Crippen molar-refractivity contribution >= 4 is 0 Å². The smallest absolute Gasteiger partial charge is 0.0469 e. The largest absolute Gasteiger partial charge is 0.381 e. The average Bonchev–Trinajstić information content (AvgIpc) is 2.39. The van der Waals surface area contributed by atoms with E-state index in [2.05, 4.69) is 51.2 Å². The first-order chi connectivity index (χ1) is 9.08. The topological polar surface area (TPSA) is 21.3 Å². The molecular weight excluding hydrogens is 234 g/mol. The lowest BCUT2D eigenvalue weighted by Crippen LogP contribution is -2.38. The lowest BCUT2D eigenvalue weighted by atomic mass is 9.91. The Labute approximate surface area is 117 Å². The van der Waals surface area contributed by atoms with E-state index < -0.39 is 0 Å². The molecule has 2 nitrogen and oxygen atoms in total. The molecule has 1 fully saturated rings. The van der Waals surface area contributed by atoms with Crippen LogP contribution >= 0.6 is 0 Å². The Morgan fingerprint density at radius 2 is 1.84 bits per heavy atom. The minimum absolute atomic E-state index is 0.415. The second-order valence-corrected chi connectivity index (χ2v) is 5.99. The molecule has 0 aromatic heterocycles. The molecule has 1 saturated heterocycles. The Morgan fingerprint density at radius 1 is 1.16 bits per heavy atom. The maximum atomic E-state index is 5.44. The molecule has 2 rings (SSSR count). The first-order valence-electron chi connectivity index (χ1n) is 7.49. The normalized spacial score (nSPS) is 20.2. The van der Waals surface area contributed by atoms with Crippen molar-refractivity contribution in [3.63, 3.8) is 0 Å². The van der Waals surface area contributed by atoms with Gasteiger partial charge in [-0.1, -0.05) is 23.8 Å². The quantitative estimate of drug-likeness (QED) is 0.891. The van der Waals surface area contributed by atoms with Gasteiger partial charge in [-0.05, 0) is 57.6 Å². The molecule has 106 valence electrons. The lowest BCUT2D eigenvalue weighted by molar-refractivity contribution is 0.0547. The van der Waals surface area contributed by atoms with Crippen molar-refractivity contribution in [3.8, 4) is 0 Å². The maximum absolute atomic E-state index is 5.44. The first-order valence-corrected chi connectivity index (χ1v) is 7.49. The number of aryl methyl sites for hydroxylation is 2. The van der Waals surface area contributed by atoms with Crippen LogP contribution in [0.3, 0.4) is 0 Å². The van der Waals surface area contributed by atoms with Gasteiger partial charge >= 0.3 is 0 Å². The van der Waals surface area contributed by atoms with E-state index in [9.17, 15) is 0 Å². The molecule has 0 amide bonds. The summed E-state index contributed by atoms with van der Waals surface area (Å²) in [4.78, 5) is 0. The Kier molecular flexibility index (Phi) is 5.00. The minimum atomic E-state index is 0.415. The summed E-state index contributed by atoms with van der Waals surface area (Å²) in [7, 11) is 0. The lowest BCUT2D eigenvalue weighted by Gasteiger charge is -2.31. The van der Waals surface area contributed by atoms with Crippen molar-refractivity contribution in [3.05, 3.63) is 34.9 Å². The molecule has 0 saturated carbocycles. The van der Waals surface area contributed by atoms with Gasteiger partial charge in [-0.3, -0.25) is 0 Å². The third-order valence-electron chi connectivity index (χ3n) is 4.38. The van der Waals surface area contributed by atoms with Crippen LogP contribution in [0, 0.1) is 19.8 Å². The van der Waals surface area contributed by atoms with E-state index in [0.717, 1.165) is 19.1 Å². The SMILES string of the molecule is Cc1ccc(C(C)NC(C)C2CCOCC2)c(C)c1.